The van der Waals surface area contributed by atoms with Crippen molar-refractivity contribution in [1.29, 1.82) is 5.26 Å². The Bertz CT molecular complexity index is 328. The van der Waals surface area contributed by atoms with E-state index in [1.165, 1.54) is 7.05 Å². The van der Waals surface area contributed by atoms with Gasteiger partial charge in [0, 0.05) is 13.1 Å². The molecule has 0 radical (unpaired) electrons. The molecule has 3 N–H and O–H groups in total. The molecule has 1 rings (SSSR count). The van der Waals surface area contributed by atoms with Crippen molar-refractivity contribution in [2.24, 2.45) is 11.8 Å². The van der Waals surface area contributed by atoms with Crippen LogP contribution in [0, 0.1) is 17.2 Å². The number of nitrogens with one attached hydrogen (secondary N) is 1. The van der Waals surface area contributed by atoms with Crippen LogP contribution in [-0.2, 0) is 9.59 Å². The number of hydrazine groups is 1. The summed E-state index contributed by atoms with van der Waals surface area (Å²) in [5.41, 5.74) is 2.20. The van der Waals surface area contributed by atoms with E-state index >= 15 is 0 Å². The SMILES string of the molecule is CN1C(=O)C(C#N)C(=O)C=C1NN. The van der Waals surface area contributed by atoms with E-state index in [1.54, 1.807) is 6.07 Å². The molecular formula is C7H8N4O2. The largest absolute Gasteiger partial charge is 0.310 e. The van der Waals surface area contributed by atoms with Gasteiger partial charge in [-0.1, -0.05) is 0 Å². The lowest BCUT2D eigenvalue weighted by atomic mass is 10.0. The molecule has 6 nitrogen and oxygen atoms in total. The van der Waals surface area contributed by atoms with E-state index in [2.05, 4.69) is 5.43 Å². The second-order valence-electron chi connectivity index (χ2n) is 2.54. The van der Waals surface area contributed by atoms with E-state index in [-0.39, 0.29) is 5.82 Å². The third-order valence-corrected chi connectivity index (χ3v) is 1.78. The number of hydrogen-bond acceptors (Lipinski definition) is 5. The van der Waals surface area contributed by atoms with Crippen molar-refractivity contribution in [3.63, 3.8) is 0 Å². The Morgan fingerprint density at radius 3 is 2.77 bits per heavy atom. The van der Waals surface area contributed by atoms with Crippen LogP contribution in [0.2, 0.25) is 0 Å². The molecule has 1 atom stereocenters. The van der Waals surface area contributed by atoms with E-state index in [9.17, 15) is 9.59 Å². The van der Waals surface area contributed by atoms with Crippen molar-refractivity contribution in [1.82, 2.24) is 10.3 Å². The summed E-state index contributed by atoms with van der Waals surface area (Å²) >= 11 is 0. The van der Waals surface area contributed by atoms with Crippen molar-refractivity contribution in [3.05, 3.63) is 11.9 Å². The maximum atomic E-state index is 11.3. The lowest BCUT2D eigenvalue weighted by molar-refractivity contribution is -0.136. The van der Waals surface area contributed by atoms with Crippen molar-refractivity contribution >= 4 is 11.7 Å². The smallest absolute Gasteiger partial charge is 0.253 e. The molecule has 1 aliphatic heterocycles. The molecule has 13 heavy (non-hydrogen) atoms. The van der Waals surface area contributed by atoms with E-state index in [4.69, 9.17) is 11.1 Å². The average Bonchev–Trinajstić information content (AvgIpc) is 2.12. The normalized spacial score (nSPS) is 22.4. The number of allylic oxidation sites excluding steroid dienone is 1. The maximum Gasteiger partial charge on any atom is 0.253 e. The Balaban J connectivity index is 3.07. The number of nitrogens with zero attached hydrogens (tertiary/aromatic N) is 2. The summed E-state index contributed by atoms with van der Waals surface area (Å²) < 4.78 is 0. The first kappa shape index (κ1) is 9.22. The highest BCUT2D eigenvalue weighted by Crippen LogP contribution is 2.13. The molecular weight excluding hydrogens is 172 g/mol. The first-order valence-electron chi connectivity index (χ1n) is 3.51. The summed E-state index contributed by atoms with van der Waals surface area (Å²) in [4.78, 5) is 23.5. The Morgan fingerprint density at radius 1 is 1.69 bits per heavy atom. The van der Waals surface area contributed by atoms with Gasteiger partial charge in [0.15, 0.2) is 11.7 Å². The second kappa shape index (κ2) is 3.25. The van der Waals surface area contributed by atoms with Crippen molar-refractivity contribution in [2.45, 2.75) is 0 Å². The number of nitriles is 1. The van der Waals surface area contributed by atoms with E-state index in [1.807, 2.05) is 0 Å². The number of carbonyl (C=O) groups excluding carboxylic acids is 2. The Morgan fingerprint density at radius 2 is 2.31 bits per heavy atom. The van der Waals surface area contributed by atoms with Gasteiger partial charge in [-0.25, -0.2) is 5.84 Å². The molecule has 1 amide bonds. The number of hydrogen-bond donors (Lipinski definition) is 2. The topological polar surface area (TPSA) is 99.2 Å². The molecule has 0 spiro atoms. The molecule has 0 fully saturated rings. The highest BCUT2D eigenvalue weighted by atomic mass is 16.2. The molecule has 6 heteroatoms. The monoisotopic (exact) mass is 180 g/mol. The molecule has 0 saturated carbocycles. The fourth-order valence-corrected chi connectivity index (χ4v) is 1.01. The number of rotatable bonds is 1. The zero-order valence-electron chi connectivity index (χ0n) is 6.94. The van der Waals surface area contributed by atoms with Gasteiger partial charge in [-0.3, -0.25) is 14.5 Å². The van der Waals surface area contributed by atoms with Crippen molar-refractivity contribution < 1.29 is 9.59 Å². The van der Waals surface area contributed by atoms with Gasteiger partial charge < -0.3 is 5.43 Å². The Kier molecular flexibility index (Phi) is 2.30. The predicted molar refractivity (Wildman–Crippen MR) is 42.3 cm³/mol. The second-order valence-corrected chi connectivity index (χ2v) is 2.54. The summed E-state index contributed by atoms with van der Waals surface area (Å²) in [6.45, 7) is 0. The fourth-order valence-electron chi connectivity index (χ4n) is 1.01. The minimum absolute atomic E-state index is 0.196. The minimum atomic E-state index is -1.23. The summed E-state index contributed by atoms with van der Waals surface area (Å²) in [5.74, 6) is 2.91. The maximum absolute atomic E-state index is 11.3. The quantitative estimate of drug-likeness (QED) is 0.290. The van der Waals surface area contributed by atoms with Gasteiger partial charge >= 0.3 is 0 Å². The van der Waals surface area contributed by atoms with Gasteiger partial charge in [-0.15, -0.1) is 0 Å². The number of nitrogens with two attached hydrogens (primary N) is 1. The van der Waals surface area contributed by atoms with Gasteiger partial charge in [-0.2, -0.15) is 5.26 Å². The lowest BCUT2D eigenvalue weighted by Crippen LogP contribution is -2.45. The molecule has 0 saturated heterocycles. The van der Waals surface area contributed by atoms with Gasteiger partial charge in [-0.05, 0) is 0 Å². The molecule has 1 aliphatic rings. The van der Waals surface area contributed by atoms with Gasteiger partial charge in [0.25, 0.3) is 5.91 Å². The van der Waals surface area contributed by atoms with Crippen LogP contribution in [0.1, 0.15) is 0 Å². The molecule has 68 valence electrons. The molecule has 0 aromatic carbocycles. The highest BCUT2D eigenvalue weighted by Gasteiger charge is 2.33. The first-order chi connectivity index (χ1) is 6.11. The lowest BCUT2D eigenvalue weighted by Gasteiger charge is -2.25. The molecule has 0 aromatic heterocycles. The fraction of sp³-hybridized carbons (Fsp3) is 0.286. The summed E-state index contributed by atoms with van der Waals surface area (Å²) in [5, 5.41) is 8.51. The zero-order valence-corrected chi connectivity index (χ0v) is 6.94. The third kappa shape index (κ3) is 1.37. The van der Waals surface area contributed by atoms with E-state index in [0.717, 1.165) is 11.0 Å². The van der Waals surface area contributed by atoms with Crippen LogP contribution in [0.4, 0.5) is 0 Å². The van der Waals surface area contributed by atoms with Crippen molar-refractivity contribution in [3.8, 4) is 6.07 Å². The number of ketones is 1. The zero-order chi connectivity index (χ0) is 10.0. The number of amides is 1. The van der Waals surface area contributed by atoms with Gasteiger partial charge in [0.1, 0.15) is 5.82 Å². The first-order valence-corrected chi connectivity index (χ1v) is 3.51. The van der Waals surface area contributed by atoms with E-state index < -0.39 is 17.6 Å². The van der Waals surface area contributed by atoms with Crippen LogP contribution in [-0.4, -0.2) is 23.6 Å². The summed E-state index contributed by atoms with van der Waals surface area (Å²) in [6, 6.07) is 1.62. The van der Waals surface area contributed by atoms with Gasteiger partial charge in [0.05, 0.1) is 6.07 Å². The summed E-state index contributed by atoms with van der Waals surface area (Å²) in [7, 11) is 1.44. The minimum Gasteiger partial charge on any atom is -0.310 e. The standard InChI is InChI=1S/C7H8N4O2/c1-11-6(10-9)2-5(12)4(3-8)7(11)13/h2,4,10H,9H2,1H3. The summed E-state index contributed by atoms with van der Waals surface area (Å²) in [6.07, 6.45) is 1.13. The molecule has 1 heterocycles. The predicted octanol–water partition coefficient (Wildman–Crippen LogP) is -1.53. The highest BCUT2D eigenvalue weighted by molar-refractivity contribution is 6.11. The Hall–Kier alpha value is -1.87. The van der Waals surface area contributed by atoms with Crippen LogP contribution < -0.4 is 11.3 Å². The molecule has 0 aliphatic carbocycles. The third-order valence-electron chi connectivity index (χ3n) is 1.78. The number of carbonyl (C=O) groups is 2. The van der Waals surface area contributed by atoms with Crippen LogP contribution in [0.5, 0.6) is 0 Å². The van der Waals surface area contributed by atoms with E-state index in [0.29, 0.717) is 0 Å². The van der Waals surface area contributed by atoms with Crippen LogP contribution in [0.15, 0.2) is 11.9 Å². The van der Waals surface area contributed by atoms with Gasteiger partial charge in [0.2, 0.25) is 0 Å². The average molecular weight is 180 g/mol. The van der Waals surface area contributed by atoms with Crippen LogP contribution >= 0.6 is 0 Å². The molecule has 0 aromatic rings. The van der Waals surface area contributed by atoms with Crippen molar-refractivity contribution in [2.75, 3.05) is 7.05 Å². The molecule has 0 bridgehead atoms. The Labute approximate surface area is 74.6 Å². The van der Waals surface area contributed by atoms with Crippen LogP contribution in [0.25, 0.3) is 0 Å². The molecule has 1 unspecified atom stereocenters. The van der Waals surface area contributed by atoms with Crippen LogP contribution in [0.3, 0.4) is 0 Å².